The molecule has 0 radical (unpaired) electrons. The maximum atomic E-state index is 3.90. The zero-order valence-corrected chi connectivity index (χ0v) is 15.8. The van der Waals surface area contributed by atoms with Gasteiger partial charge in [-0.05, 0) is 68.6 Å². The van der Waals surface area contributed by atoms with Crippen molar-refractivity contribution < 1.29 is 0 Å². The van der Waals surface area contributed by atoms with Crippen LogP contribution in [-0.2, 0) is 6.42 Å². The molecule has 3 heteroatoms. The van der Waals surface area contributed by atoms with Crippen molar-refractivity contribution in [2.24, 2.45) is 5.92 Å². The largest absolute Gasteiger partial charge is 0.339 e. The van der Waals surface area contributed by atoms with Crippen molar-refractivity contribution in [3.63, 3.8) is 0 Å². The second-order valence-corrected chi connectivity index (χ2v) is 8.33. The predicted molar refractivity (Wildman–Crippen MR) is 108 cm³/mol. The summed E-state index contributed by atoms with van der Waals surface area (Å²) >= 11 is 1.90. The van der Waals surface area contributed by atoms with Gasteiger partial charge in [-0.2, -0.15) is 0 Å². The number of rotatable bonds is 4. The molecule has 1 atom stereocenters. The molecule has 130 valence electrons. The molecule has 2 aliphatic rings. The number of fused-ring (bicyclic) bond motifs is 2. The van der Waals surface area contributed by atoms with E-state index in [0.29, 0.717) is 0 Å². The molecular weight excluding hydrogens is 324 g/mol. The summed E-state index contributed by atoms with van der Waals surface area (Å²) in [5, 5.41) is 0. The van der Waals surface area contributed by atoms with Gasteiger partial charge in [-0.25, -0.2) is 0 Å². The third kappa shape index (κ3) is 3.49. The number of anilines is 2. The number of hydrogen-bond acceptors (Lipinski definition) is 3. The Bertz CT molecular complexity index is 770. The maximum absolute atomic E-state index is 3.90. The molecule has 0 amide bonds. The van der Waals surface area contributed by atoms with E-state index in [1.54, 1.807) is 0 Å². The van der Waals surface area contributed by atoms with Crippen molar-refractivity contribution in [1.29, 1.82) is 0 Å². The van der Waals surface area contributed by atoms with Crippen LogP contribution in [0.25, 0.3) is 0 Å². The van der Waals surface area contributed by atoms with Gasteiger partial charge in [0.05, 0.1) is 11.4 Å². The second kappa shape index (κ2) is 7.27. The van der Waals surface area contributed by atoms with Gasteiger partial charge in [0.15, 0.2) is 0 Å². The average molecular weight is 351 g/mol. The van der Waals surface area contributed by atoms with Crippen molar-refractivity contribution in [2.75, 3.05) is 31.6 Å². The lowest BCUT2D eigenvalue weighted by atomic mass is 9.97. The standard InChI is InChI=1S/C22H26N2S/c1-3-7-17-11-12-22-20(14-17)24(16-18-8-6-13-23(2)15-18)19-9-4-5-10-21(19)25-22/h3-5,9-12,14,18H,1,6-8,13,15-16H2,2H3. The van der Waals surface area contributed by atoms with Gasteiger partial charge in [0, 0.05) is 22.9 Å². The van der Waals surface area contributed by atoms with Gasteiger partial charge in [-0.15, -0.1) is 6.58 Å². The molecule has 1 unspecified atom stereocenters. The van der Waals surface area contributed by atoms with Gasteiger partial charge in [-0.3, -0.25) is 0 Å². The Labute approximate surface area is 155 Å². The van der Waals surface area contributed by atoms with E-state index in [9.17, 15) is 0 Å². The Kier molecular flexibility index (Phi) is 4.87. The summed E-state index contributed by atoms with van der Waals surface area (Å²) in [5.41, 5.74) is 4.08. The Morgan fingerprint density at radius 1 is 1.16 bits per heavy atom. The van der Waals surface area contributed by atoms with Gasteiger partial charge >= 0.3 is 0 Å². The van der Waals surface area contributed by atoms with E-state index in [1.165, 1.54) is 52.7 Å². The van der Waals surface area contributed by atoms with Crippen LogP contribution in [0.15, 0.2) is 64.9 Å². The smallest absolute Gasteiger partial charge is 0.0555 e. The Morgan fingerprint density at radius 3 is 2.84 bits per heavy atom. The summed E-state index contributed by atoms with van der Waals surface area (Å²) < 4.78 is 0. The number of nitrogens with zero attached hydrogens (tertiary/aromatic N) is 2. The topological polar surface area (TPSA) is 6.48 Å². The fourth-order valence-corrected chi connectivity index (χ4v) is 5.12. The SMILES string of the molecule is C=CCc1ccc2c(c1)N(CC1CCCN(C)C1)c1ccccc1S2. The third-order valence-corrected chi connectivity index (χ3v) is 6.36. The van der Waals surface area contributed by atoms with Gasteiger partial charge in [0.25, 0.3) is 0 Å². The first-order chi connectivity index (χ1) is 12.2. The molecule has 4 rings (SSSR count). The van der Waals surface area contributed by atoms with Crippen LogP contribution in [0.1, 0.15) is 18.4 Å². The number of hydrogen-bond donors (Lipinski definition) is 0. The number of piperidine rings is 1. The minimum absolute atomic E-state index is 0.728. The molecule has 1 saturated heterocycles. The molecule has 0 aliphatic carbocycles. The fraction of sp³-hybridized carbons (Fsp3) is 0.364. The molecule has 2 aromatic carbocycles. The summed E-state index contributed by atoms with van der Waals surface area (Å²) in [7, 11) is 2.25. The van der Waals surface area contributed by atoms with E-state index in [0.717, 1.165) is 18.9 Å². The molecule has 1 fully saturated rings. The van der Waals surface area contributed by atoms with E-state index in [-0.39, 0.29) is 0 Å². The van der Waals surface area contributed by atoms with Crippen molar-refractivity contribution >= 4 is 23.1 Å². The minimum Gasteiger partial charge on any atom is -0.339 e. The predicted octanol–water partition coefficient (Wildman–Crippen LogP) is 5.36. The molecule has 0 spiro atoms. The van der Waals surface area contributed by atoms with Crippen molar-refractivity contribution in [1.82, 2.24) is 4.90 Å². The van der Waals surface area contributed by atoms with E-state index < -0.39 is 0 Å². The van der Waals surface area contributed by atoms with Crippen molar-refractivity contribution in [3.8, 4) is 0 Å². The van der Waals surface area contributed by atoms with Gasteiger partial charge < -0.3 is 9.80 Å². The lowest BCUT2D eigenvalue weighted by Gasteiger charge is -2.38. The van der Waals surface area contributed by atoms with Crippen LogP contribution in [0.5, 0.6) is 0 Å². The van der Waals surface area contributed by atoms with E-state index in [4.69, 9.17) is 0 Å². The first-order valence-corrected chi connectivity index (χ1v) is 10.0. The third-order valence-electron chi connectivity index (χ3n) is 5.23. The Balaban J connectivity index is 1.70. The zero-order chi connectivity index (χ0) is 17.2. The summed E-state index contributed by atoms with van der Waals surface area (Å²) in [6, 6.07) is 15.7. The maximum Gasteiger partial charge on any atom is 0.0555 e. The van der Waals surface area contributed by atoms with E-state index in [2.05, 4.69) is 65.9 Å². The zero-order valence-electron chi connectivity index (χ0n) is 14.9. The van der Waals surface area contributed by atoms with Crippen LogP contribution in [0.2, 0.25) is 0 Å². The molecule has 2 heterocycles. The highest BCUT2D eigenvalue weighted by atomic mass is 32.2. The summed E-state index contributed by atoms with van der Waals surface area (Å²) in [6.07, 6.45) is 5.57. The number of likely N-dealkylation sites (tertiary alicyclic amines) is 1. The van der Waals surface area contributed by atoms with Crippen LogP contribution in [-0.4, -0.2) is 31.6 Å². The fourth-order valence-electron chi connectivity index (χ4n) is 4.05. The number of benzene rings is 2. The van der Waals surface area contributed by atoms with E-state index in [1.807, 2.05) is 17.8 Å². The van der Waals surface area contributed by atoms with Gasteiger partial charge in [-0.1, -0.05) is 36.0 Å². The van der Waals surface area contributed by atoms with Crippen molar-refractivity contribution in [2.45, 2.75) is 29.1 Å². The van der Waals surface area contributed by atoms with Crippen LogP contribution in [0.4, 0.5) is 11.4 Å². The molecule has 2 nitrogen and oxygen atoms in total. The first kappa shape index (κ1) is 16.7. The van der Waals surface area contributed by atoms with Crippen LogP contribution >= 0.6 is 11.8 Å². The molecule has 0 aromatic heterocycles. The second-order valence-electron chi connectivity index (χ2n) is 7.25. The lowest BCUT2D eigenvalue weighted by Crippen LogP contribution is -2.38. The van der Waals surface area contributed by atoms with E-state index >= 15 is 0 Å². The molecule has 25 heavy (non-hydrogen) atoms. The van der Waals surface area contributed by atoms with Gasteiger partial charge in [0.2, 0.25) is 0 Å². The Hall–Kier alpha value is -1.71. The highest BCUT2D eigenvalue weighted by Crippen LogP contribution is 2.48. The minimum atomic E-state index is 0.728. The number of allylic oxidation sites excluding steroid dienone is 1. The summed E-state index contributed by atoms with van der Waals surface area (Å²) in [6.45, 7) is 7.45. The molecule has 2 aliphatic heterocycles. The van der Waals surface area contributed by atoms with Gasteiger partial charge in [0.1, 0.15) is 0 Å². The summed E-state index contributed by atoms with van der Waals surface area (Å²) in [5.74, 6) is 0.728. The monoisotopic (exact) mass is 350 g/mol. The molecule has 0 saturated carbocycles. The summed E-state index contributed by atoms with van der Waals surface area (Å²) in [4.78, 5) is 7.79. The lowest BCUT2D eigenvalue weighted by molar-refractivity contribution is 0.214. The normalized spacial score (nSPS) is 20.0. The van der Waals surface area contributed by atoms with Crippen LogP contribution in [0.3, 0.4) is 0 Å². The average Bonchev–Trinajstić information content (AvgIpc) is 2.62. The Morgan fingerprint density at radius 2 is 2.00 bits per heavy atom. The molecular formula is C22H26N2S. The van der Waals surface area contributed by atoms with Crippen molar-refractivity contribution in [3.05, 3.63) is 60.7 Å². The molecule has 0 bridgehead atoms. The first-order valence-electron chi connectivity index (χ1n) is 9.21. The highest BCUT2D eigenvalue weighted by molar-refractivity contribution is 7.99. The van der Waals surface area contributed by atoms with Crippen LogP contribution in [0, 0.1) is 5.92 Å². The quantitative estimate of drug-likeness (QED) is 0.685. The molecule has 0 N–H and O–H groups in total. The highest BCUT2D eigenvalue weighted by Gasteiger charge is 2.27. The number of para-hydroxylation sites is 1. The molecule has 2 aromatic rings. The van der Waals surface area contributed by atoms with Crippen LogP contribution < -0.4 is 4.90 Å².